The van der Waals surface area contributed by atoms with Crippen LogP contribution in [0.2, 0.25) is 0 Å². The largest absolute Gasteiger partial charge is 0.506 e. The predicted octanol–water partition coefficient (Wildman–Crippen LogP) is 9.10. The van der Waals surface area contributed by atoms with E-state index in [2.05, 4.69) is 16.6 Å². The van der Waals surface area contributed by atoms with E-state index in [9.17, 15) is 13.5 Å². The highest BCUT2D eigenvalue weighted by Gasteiger charge is 2.26. The number of hydrogen-bond donors (Lipinski definition) is 2. The van der Waals surface area contributed by atoms with Crippen molar-refractivity contribution in [3.05, 3.63) is 119 Å². The van der Waals surface area contributed by atoms with Gasteiger partial charge in [0.25, 0.3) is 10.0 Å². The first-order chi connectivity index (χ1) is 20.7. The number of allylic oxidation sites excluding steroid dienone is 3. The number of nitrogens with zero attached hydrogens (tertiary/aromatic N) is 2. The third kappa shape index (κ3) is 6.40. The van der Waals surface area contributed by atoms with Gasteiger partial charge in [-0.2, -0.15) is 0 Å². The van der Waals surface area contributed by atoms with Gasteiger partial charge in [0.2, 0.25) is 0 Å². The van der Waals surface area contributed by atoms with Gasteiger partial charge in [0.15, 0.2) is 0 Å². The molecular formula is C35H35N3O3S2. The Labute approximate surface area is 257 Å². The van der Waals surface area contributed by atoms with E-state index in [1.165, 1.54) is 11.8 Å². The summed E-state index contributed by atoms with van der Waals surface area (Å²) in [6.07, 6.45) is 5.37. The Hall–Kier alpha value is -4.27. The van der Waals surface area contributed by atoms with Crippen molar-refractivity contribution in [3.8, 4) is 5.75 Å². The first-order valence-electron chi connectivity index (χ1n) is 14.2. The van der Waals surface area contributed by atoms with Gasteiger partial charge in [-0.1, -0.05) is 91.8 Å². The van der Waals surface area contributed by atoms with Crippen LogP contribution in [0.15, 0.2) is 129 Å². The van der Waals surface area contributed by atoms with Crippen molar-refractivity contribution in [2.75, 3.05) is 16.7 Å². The topological polar surface area (TPSA) is 82.5 Å². The lowest BCUT2D eigenvalue weighted by molar-refractivity contribution is 0.469. The van der Waals surface area contributed by atoms with Gasteiger partial charge in [0, 0.05) is 45.7 Å². The van der Waals surface area contributed by atoms with E-state index in [0.717, 1.165) is 34.3 Å². The van der Waals surface area contributed by atoms with E-state index in [1.54, 1.807) is 18.3 Å². The number of benzene rings is 4. The summed E-state index contributed by atoms with van der Waals surface area (Å²) in [7, 11) is -2.20. The second-order valence-corrected chi connectivity index (χ2v) is 13.0. The van der Waals surface area contributed by atoms with Crippen molar-refractivity contribution in [1.29, 1.82) is 0 Å². The van der Waals surface area contributed by atoms with Gasteiger partial charge in [0.05, 0.1) is 16.1 Å². The van der Waals surface area contributed by atoms with Gasteiger partial charge in [-0.25, -0.2) is 8.42 Å². The van der Waals surface area contributed by atoms with Crippen molar-refractivity contribution in [1.82, 2.24) is 4.98 Å². The third-order valence-corrected chi connectivity index (χ3v) is 10.1. The molecule has 0 spiro atoms. The zero-order valence-corrected chi connectivity index (χ0v) is 26.3. The maximum atomic E-state index is 14.3. The lowest BCUT2D eigenvalue weighted by Gasteiger charge is -2.25. The minimum Gasteiger partial charge on any atom is -0.506 e. The van der Waals surface area contributed by atoms with E-state index < -0.39 is 10.0 Å². The number of unbranched alkanes of at least 4 members (excludes halogenated alkanes) is 1. The minimum absolute atomic E-state index is 0.0891. The summed E-state index contributed by atoms with van der Waals surface area (Å²) in [6.45, 7) is 5.74. The number of anilines is 2. The molecule has 0 amide bonds. The molecule has 2 N–H and O–H groups in total. The molecule has 0 saturated carbocycles. The van der Waals surface area contributed by atoms with Crippen molar-refractivity contribution < 1.29 is 13.5 Å². The van der Waals surface area contributed by atoms with E-state index in [0.29, 0.717) is 32.6 Å². The molecule has 4 aromatic carbocycles. The molecule has 220 valence electrons. The van der Waals surface area contributed by atoms with Gasteiger partial charge in [-0.05, 0) is 56.2 Å². The van der Waals surface area contributed by atoms with Crippen LogP contribution in [0.3, 0.4) is 0 Å². The Morgan fingerprint density at radius 1 is 0.930 bits per heavy atom. The Bertz CT molecular complexity index is 1950. The molecule has 0 aliphatic heterocycles. The number of phenols is 1. The summed E-state index contributed by atoms with van der Waals surface area (Å²) in [5.74, 6) is 0.0891. The monoisotopic (exact) mass is 609 g/mol. The first kappa shape index (κ1) is 30.2. The average molecular weight is 610 g/mol. The van der Waals surface area contributed by atoms with E-state index >= 15 is 0 Å². The third-order valence-electron chi connectivity index (χ3n) is 7.38. The zero-order valence-electron chi connectivity index (χ0n) is 24.7. The van der Waals surface area contributed by atoms with Gasteiger partial charge >= 0.3 is 0 Å². The summed E-state index contributed by atoms with van der Waals surface area (Å²) < 4.78 is 31.6. The summed E-state index contributed by atoms with van der Waals surface area (Å²) >= 11 is 1.35. The fourth-order valence-corrected chi connectivity index (χ4v) is 7.74. The summed E-state index contributed by atoms with van der Waals surface area (Å²) in [5, 5.41) is 13.5. The van der Waals surface area contributed by atoms with Crippen molar-refractivity contribution in [2.45, 2.75) is 43.4 Å². The number of hydrogen-bond acceptors (Lipinski definition) is 6. The number of rotatable bonds is 10. The normalized spacial score (nSPS) is 12.8. The van der Waals surface area contributed by atoms with Gasteiger partial charge in [0.1, 0.15) is 10.7 Å². The molecule has 0 aliphatic rings. The van der Waals surface area contributed by atoms with Crippen LogP contribution in [0, 0.1) is 0 Å². The van der Waals surface area contributed by atoms with Gasteiger partial charge in [-0.15, -0.1) is 0 Å². The standard InChI is InChI=1S/C35H35N3O3S2/c1-5-6-14-24(2)35(25(3)38(4)27-17-8-7-9-18-27)43(40,41)37-30-23-32(34(39)29-20-11-10-19-28(29)30)42-31-21-12-15-26-16-13-22-36-33(26)31/h7-23,37,39H,5-6H2,1-4H3/b24-14+,35-25+. The summed E-state index contributed by atoms with van der Waals surface area (Å²) in [4.78, 5) is 8.04. The number of aromatic nitrogens is 1. The lowest BCUT2D eigenvalue weighted by Crippen LogP contribution is -2.24. The number of pyridine rings is 1. The molecule has 8 heteroatoms. The molecule has 5 aromatic rings. The van der Waals surface area contributed by atoms with Crippen molar-refractivity contribution >= 4 is 54.8 Å². The van der Waals surface area contributed by atoms with Crippen LogP contribution in [0.25, 0.3) is 21.7 Å². The first-order valence-corrected chi connectivity index (χ1v) is 16.5. The molecule has 0 fully saturated rings. The van der Waals surface area contributed by atoms with Gasteiger partial charge in [-0.3, -0.25) is 9.71 Å². The van der Waals surface area contributed by atoms with Crippen LogP contribution >= 0.6 is 11.8 Å². The van der Waals surface area contributed by atoms with Crippen molar-refractivity contribution in [2.24, 2.45) is 0 Å². The number of para-hydroxylation sites is 2. The number of fused-ring (bicyclic) bond motifs is 2. The second kappa shape index (κ2) is 12.9. The maximum Gasteiger partial charge on any atom is 0.263 e. The Morgan fingerprint density at radius 3 is 2.37 bits per heavy atom. The molecule has 1 heterocycles. The number of phenolic OH excluding ortho intramolecular Hbond substituents is 1. The molecule has 6 nitrogen and oxygen atoms in total. The second-order valence-electron chi connectivity index (χ2n) is 10.3. The lowest BCUT2D eigenvalue weighted by atomic mass is 10.1. The van der Waals surface area contributed by atoms with Crippen molar-refractivity contribution in [3.63, 3.8) is 0 Å². The van der Waals surface area contributed by atoms with E-state index in [4.69, 9.17) is 0 Å². The summed E-state index contributed by atoms with van der Waals surface area (Å²) in [5.41, 5.74) is 3.36. The summed E-state index contributed by atoms with van der Waals surface area (Å²) in [6, 6.07) is 28.4. The van der Waals surface area contributed by atoms with Gasteiger partial charge < -0.3 is 10.0 Å². The minimum atomic E-state index is -4.07. The molecule has 0 atom stereocenters. The SMILES string of the molecule is CCC/C=C(C)/C(=C(/C)N(C)c1ccccc1)S(=O)(=O)Nc1cc(Sc2cccc3cccnc23)c(O)c2ccccc12. The van der Waals surface area contributed by atoms with Crippen LogP contribution in [0.4, 0.5) is 11.4 Å². The highest BCUT2D eigenvalue weighted by Crippen LogP contribution is 2.44. The smallest absolute Gasteiger partial charge is 0.263 e. The van der Waals surface area contributed by atoms with Crippen LogP contribution in [-0.4, -0.2) is 25.6 Å². The van der Waals surface area contributed by atoms with Crippen LogP contribution in [0.5, 0.6) is 5.75 Å². The molecule has 0 saturated heterocycles. The molecule has 0 radical (unpaired) electrons. The van der Waals surface area contributed by atoms with E-state index in [1.807, 2.05) is 111 Å². The molecule has 0 unspecified atom stereocenters. The quantitative estimate of drug-likeness (QED) is 0.121. The molecule has 1 aromatic heterocycles. The van der Waals surface area contributed by atoms with Crippen LogP contribution < -0.4 is 9.62 Å². The fourth-order valence-electron chi connectivity index (χ4n) is 5.11. The zero-order chi connectivity index (χ0) is 30.6. The Morgan fingerprint density at radius 2 is 1.63 bits per heavy atom. The average Bonchev–Trinajstić information content (AvgIpc) is 3.02. The Balaban J connectivity index is 1.63. The highest BCUT2D eigenvalue weighted by molar-refractivity contribution is 7.99. The Kier molecular flexibility index (Phi) is 9.08. The molecule has 0 bridgehead atoms. The highest BCUT2D eigenvalue weighted by atomic mass is 32.2. The number of aromatic hydroxyl groups is 1. The number of nitrogens with one attached hydrogen (secondary N) is 1. The predicted molar refractivity (Wildman–Crippen MR) is 180 cm³/mol. The van der Waals surface area contributed by atoms with E-state index in [-0.39, 0.29) is 10.7 Å². The van der Waals surface area contributed by atoms with Crippen LogP contribution in [0.1, 0.15) is 33.6 Å². The molecule has 5 rings (SSSR count). The fraction of sp³-hybridized carbons (Fsp3) is 0.171. The van der Waals surface area contributed by atoms with Crippen LogP contribution in [-0.2, 0) is 10.0 Å². The maximum absolute atomic E-state index is 14.3. The molecule has 43 heavy (non-hydrogen) atoms. The molecule has 0 aliphatic carbocycles. The number of sulfonamides is 1. The molecular weight excluding hydrogens is 575 g/mol.